The van der Waals surface area contributed by atoms with Gasteiger partial charge in [-0.1, -0.05) is 63.8 Å². The zero-order valence-corrected chi connectivity index (χ0v) is 13.5. The zero-order chi connectivity index (χ0) is 14.9. The second-order valence-corrected chi connectivity index (χ2v) is 5.79. The molecule has 0 atom stereocenters. The molecule has 2 rings (SSSR count). The zero-order valence-electron chi connectivity index (χ0n) is 13.5. The molecule has 0 radical (unpaired) electrons. The summed E-state index contributed by atoms with van der Waals surface area (Å²) in [6, 6.07) is 10.7. The Kier molecular flexibility index (Phi) is 6.52. The van der Waals surface area contributed by atoms with Crippen LogP contribution >= 0.6 is 0 Å². The van der Waals surface area contributed by atoms with Crippen molar-refractivity contribution in [2.24, 2.45) is 0 Å². The first-order valence-electron chi connectivity index (χ1n) is 8.45. The molecule has 114 valence electrons. The fraction of sp³-hybridized carbons (Fsp3) is 0.526. The van der Waals surface area contributed by atoms with Crippen LogP contribution in [0.1, 0.15) is 52.4 Å². The topological polar surface area (TPSA) is 16.1 Å². The summed E-state index contributed by atoms with van der Waals surface area (Å²) in [5.74, 6) is 1.14. The molecule has 0 fully saturated rings. The number of nitrogens with zero attached hydrogens (tertiary/aromatic N) is 2. The second kappa shape index (κ2) is 8.66. The van der Waals surface area contributed by atoms with Crippen LogP contribution in [0.15, 0.2) is 36.5 Å². The van der Waals surface area contributed by atoms with Gasteiger partial charge in [-0.2, -0.15) is 0 Å². The summed E-state index contributed by atoms with van der Waals surface area (Å²) in [4.78, 5) is 7.16. The maximum atomic E-state index is 4.69. The summed E-state index contributed by atoms with van der Waals surface area (Å²) in [6.07, 6.45) is 9.68. The van der Waals surface area contributed by atoms with Crippen molar-refractivity contribution in [3.8, 4) is 0 Å². The highest BCUT2D eigenvalue weighted by Gasteiger charge is 2.08. The van der Waals surface area contributed by atoms with Crippen molar-refractivity contribution < 1.29 is 0 Å². The van der Waals surface area contributed by atoms with Crippen molar-refractivity contribution >= 4 is 16.6 Å². The van der Waals surface area contributed by atoms with Gasteiger partial charge in [0, 0.05) is 24.7 Å². The molecule has 2 nitrogen and oxygen atoms in total. The normalized spacial score (nSPS) is 11.0. The largest absolute Gasteiger partial charge is 0.357 e. The minimum Gasteiger partial charge on any atom is -0.357 e. The van der Waals surface area contributed by atoms with Gasteiger partial charge < -0.3 is 4.90 Å². The fourth-order valence-corrected chi connectivity index (χ4v) is 2.69. The summed E-state index contributed by atoms with van der Waals surface area (Å²) in [5, 5.41) is 2.52. The van der Waals surface area contributed by atoms with Crippen molar-refractivity contribution in [3.05, 3.63) is 36.5 Å². The second-order valence-electron chi connectivity index (χ2n) is 5.79. The first-order valence-corrected chi connectivity index (χ1v) is 8.45. The van der Waals surface area contributed by atoms with Gasteiger partial charge in [0.05, 0.1) is 0 Å². The average Bonchev–Trinajstić information content (AvgIpc) is 2.53. The minimum absolute atomic E-state index is 1.13. The van der Waals surface area contributed by atoms with Crippen LogP contribution in [0.3, 0.4) is 0 Å². The Balaban J connectivity index is 2.11. The van der Waals surface area contributed by atoms with E-state index in [1.54, 1.807) is 0 Å². The summed E-state index contributed by atoms with van der Waals surface area (Å²) >= 11 is 0. The number of benzene rings is 1. The Hall–Kier alpha value is -1.57. The Bertz CT molecular complexity index is 526. The van der Waals surface area contributed by atoms with E-state index in [4.69, 9.17) is 4.98 Å². The van der Waals surface area contributed by atoms with Crippen LogP contribution in [0, 0.1) is 0 Å². The molecule has 1 aromatic heterocycles. The number of hydrogen-bond acceptors (Lipinski definition) is 2. The molecule has 0 aliphatic carbocycles. The smallest absolute Gasteiger partial charge is 0.129 e. The summed E-state index contributed by atoms with van der Waals surface area (Å²) in [5.41, 5.74) is 0. The Labute approximate surface area is 129 Å². The molecule has 0 amide bonds. The van der Waals surface area contributed by atoms with Crippen molar-refractivity contribution in [1.82, 2.24) is 4.98 Å². The number of aromatic nitrogens is 1. The van der Waals surface area contributed by atoms with Gasteiger partial charge in [-0.05, 0) is 24.3 Å². The number of pyridine rings is 1. The van der Waals surface area contributed by atoms with Crippen LogP contribution in [0.4, 0.5) is 5.82 Å². The highest BCUT2D eigenvalue weighted by atomic mass is 15.2. The summed E-state index contributed by atoms with van der Waals surface area (Å²) in [6.45, 7) is 6.77. The fourth-order valence-electron chi connectivity index (χ4n) is 2.69. The Morgan fingerprint density at radius 2 is 1.48 bits per heavy atom. The molecule has 0 spiro atoms. The molecule has 2 aromatic rings. The molecule has 0 saturated carbocycles. The van der Waals surface area contributed by atoms with Crippen LogP contribution in [-0.2, 0) is 0 Å². The van der Waals surface area contributed by atoms with Crippen molar-refractivity contribution in [2.45, 2.75) is 52.4 Å². The van der Waals surface area contributed by atoms with Crippen molar-refractivity contribution in [1.29, 1.82) is 0 Å². The first kappa shape index (κ1) is 15.8. The van der Waals surface area contributed by atoms with Crippen molar-refractivity contribution in [2.75, 3.05) is 18.0 Å². The molecule has 21 heavy (non-hydrogen) atoms. The summed E-state index contributed by atoms with van der Waals surface area (Å²) < 4.78 is 0. The molecule has 0 N–H and O–H groups in total. The number of anilines is 1. The molecule has 0 aliphatic rings. The number of hydrogen-bond donors (Lipinski definition) is 0. The SMILES string of the molecule is CCCCCN(CCCCC)c1cc2ccccc2cn1. The van der Waals surface area contributed by atoms with E-state index in [1.807, 2.05) is 6.20 Å². The van der Waals surface area contributed by atoms with E-state index < -0.39 is 0 Å². The van der Waals surface area contributed by atoms with E-state index in [2.05, 4.69) is 49.1 Å². The molecule has 2 heteroatoms. The number of rotatable bonds is 9. The molecular weight excluding hydrogens is 256 g/mol. The van der Waals surface area contributed by atoms with Gasteiger partial charge in [0.15, 0.2) is 0 Å². The van der Waals surface area contributed by atoms with Gasteiger partial charge >= 0.3 is 0 Å². The van der Waals surface area contributed by atoms with Crippen LogP contribution < -0.4 is 4.90 Å². The Morgan fingerprint density at radius 3 is 2.10 bits per heavy atom. The van der Waals surface area contributed by atoms with Gasteiger partial charge in [-0.15, -0.1) is 0 Å². The molecule has 1 aromatic carbocycles. The van der Waals surface area contributed by atoms with Gasteiger partial charge in [0.25, 0.3) is 0 Å². The molecule has 0 bridgehead atoms. The van der Waals surface area contributed by atoms with Crippen LogP contribution in [0.5, 0.6) is 0 Å². The number of unbranched alkanes of at least 4 members (excludes halogenated alkanes) is 4. The predicted molar refractivity (Wildman–Crippen MR) is 93.0 cm³/mol. The molecular formula is C19H28N2. The van der Waals surface area contributed by atoms with Gasteiger partial charge in [0.1, 0.15) is 5.82 Å². The van der Waals surface area contributed by atoms with E-state index in [9.17, 15) is 0 Å². The van der Waals surface area contributed by atoms with Crippen molar-refractivity contribution in [3.63, 3.8) is 0 Å². The third-order valence-electron chi connectivity index (χ3n) is 4.00. The van der Waals surface area contributed by atoms with E-state index in [1.165, 1.54) is 49.3 Å². The van der Waals surface area contributed by atoms with Crippen LogP contribution in [0.2, 0.25) is 0 Å². The average molecular weight is 284 g/mol. The monoisotopic (exact) mass is 284 g/mol. The van der Waals surface area contributed by atoms with E-state index in [0.29, 0.717) is 0 Å². The lowest BCUT2D eigenvalue weighted by Gasteiger charge is -2.24. The maximum absolute atomic E-state index is 4.69. The minimum atomic E-state index is 1.13. The predicted octanol–water partition coefficient (Wildman–Crippen LogP) is 5.42. The lowest BCUT2D eigenvalue weighted by molar-refractivity contribution is 0.632. The van der Waals surface area contributed by atoms with E-state index in [-0.39, 0.29) is 0 Å². The van der Waals surface area contributed by atoms with Crippen LogP contribution in [0.25, 0.3) is 10.8 Å². The van der Waals surface area contributed by atoms with Gasteiger partial charge in [-0.3, -0.25) is 0 Å². The maximum Gasteiger partial charge on any atom is 0.129 e. The van der Waals surface area contributed by atoms with Gasteiger partial charge in [-0.25, -0.2) is 4.98 Å². The number of fused-ring (bicyclic) bond motifs is 1. The molecule has 0 aliphatic heterocycles. The van der Waals surface area contributed by atoms with Crippen LogP contribution in [-0.4, -0.2) is 18.1 Å². The first-order chi connectivity index (χ1) is 10.3. The third-order valence-corrected chi connectivity index (χ3v) is 4.00. The highest BCUT2D eigenvalue weighted by Crippen LogP contribution is 2.20. The molecule has 1 heterocycles. The standard InChI is InChI=1S/C19H28N2/c1-3-5-9-13-21(14-10-6-4-2)19-15-17-11-7-8-12-18(17)16-20-19/h7-8,11-12,15-16H,3-6,9-10,13-14H2,1-2H3. The van der Waals surface area contributed by atoms with E-state index >= 15 is 0 Å². The molecule has 0 unspecified atom stereocenters. The third kappa shape index (κ3) is 4.73. The highest BCUT2D eigenvalue weighted by molar-refractivity contribution is 5.83. The van der Waals surface area contributed by atoms with Gasteiger partial charge in [0.2, 0.25) is 0 Å². The summed E-state index contributed by atoms with van der Waals surface area (Å²) in [7, 11) is 0. The lowest BCUT2D eigenvalue weighted by Crippen LogP contribution is -2.26. The molecule has 0 saturated heterocycles. The quantitative estimate of drug-likeness (QED) is 0.571. The Morgan fingerprint density at radius 1 is 0.857 bits per heavy atom. The van der Waals surface area contributed by atoms with E-state index in [0.717, 1.165) is 18.9 Å². The lowest BCUT2D eigenvalue weighted by atomic mass is 10.1.